The SMILES string of the molecule is CN(C)CCCN(C)C(=O)N1CCC(CC(=O)O)CC1. The minimum atomic E-state index is -0.740. The second-order valence-electron chi connectivity index (χ2n) is 5.89. The average Bonchev–Trinajstić information content (AvgIpc) is 2.37. The van der Waals surface area contributed by atoms with E-state index in [-0.39, 0.29) is 18.4 Å². The van der Waals surface area contributed by atoms with Crippen molar-refractivity contribution in [1.29, 1.82) is 0 Å². The molecule has 6 nitrogen and oxygen atoms in total. The molecule has 0 aromatic carbocycles. The predicted octanol–water partition coefficient (Wildman–Crippen LogP) is 1.18. The highest BCUT2D eigenvalue weighted by molar-refractivity contribution is 5.74. The lowest BCUT2D eigenvalue weighted by Gasteiger charge is -2.34. The number of rotatable bonds is 6. The summed E-state index contributed by atoms with van der Waals surface area (Å²) in [7, 11) is 5.88. The zero-order chi connectivity index (χ0) is 15.1. The Morgan fingerprint density at radius 3 is 2.25 bits per heavy atom. The minimum Gasteiger partial charge on any atom is -0.481 e. The Hall–Kier alpha value is -1.30. The Morgan fingerprint density at radius 1 is 1.15 bits per heavy atom. The highest BCUT2D eigenvalue weighted by atomic mass is 16.4. The molecule has 0 aromatic rings. The maximum Gasteiger partial charge on any atom is 0.319 e. The van der Waals surface area contributed by atoms with Gasteiger partial charge < -0.3 is 19.8 Å². The summed E-state index contributed by atoms with van der Waals surface area (Å²) >= 11 is 0. The van der Waals surface area contributed by atoms with Crippen LogP contribution in [0.1, 0.15) is 25.7 Å². The van der Waals surface area contributed by atoms with Gasteiger partial charge in [0.15, 0.2) is 0 Å². The molecule has 0 spiro atoms. The van der Waals surface area contributed by atoms with E-state index in [1.54, 1.807) is 4.90 Å². The fraction of sp³-hybridized carbons (Fsp3) is 0.857. The van der Waals surface area contributed by atoms with Gasteiger partial charge in [-0.1, -0.05) is 0 Å². The van der Waals surface area contributed by atoms with Gasteiger partial charge in [0.1, 0.15) is 0 Å². The Bertz CT molecular complexity index is 326. The fourth-order valence-electron chi connectivity index (χ4n) is 2.54. The van der Waals surface area contributed by atoms with E-state index in [2.05, 4.69) is 4.90 Å². The van der Waals surface area contributed by atoms with Crippen LogP contribution in [0.15, 0.2) is 0 Å². The average molecular weight is 285 g/mol. The molecule has 1 aliphatic rings. The Morgan fingerprint density at radius 2 is 1.75 bits per heavy atom. The van der Waals surface area contributed by atoms with Gasteiger partial charge in [-0.15, -0.1) is 0 Å². The van der Waals surface area contributed by atoms with Crippen molar-refractivity contribution in [2.75, 3.05) is 47.3 Å². The van der Waals surface area contributed by atoms with E-state index in [9.17, 15) is 9.59 Å². The van der Waals surface area contributed by atoms with Crippen LogP contribution in [0.5, 0.6) is 0 Å². The quantitative estimate of drug-likeness (QED) is 0.796. The lowest BCUT2D eigenvalue weighted by atomic mass is 9.94. The number of carbonyl (C=O) groups excluding carboxylic acids is 1. The second kappa shape index (κ2) is 8.09. The van der Waals surface area contributed by atoms with Crippen molar-refractivity contribution < 1.29 is 14.7 Å². The molecule has 20 heavy (non-hydrogen) atoms. The largest absolute Gasteiger partial charge is 0.481 e. The molecule has 1 fully saturated rings. The van der Waals surface area contributed by atoms with Crippen LogP contribution in [-0.4, -0.2) is 79.1 Å². The Balaban J connectivity index is 2.29. The molecule has 0 aromatic heterocycles. The lowest BCUT2D eigenvalue weighted by Crippen LogP contribution is -2.46. The van der Waals surface area contributed by atoms with E-state index in [1.165, 1.54) is 0 Å². The van der Waals surface area contributed by atoms with Crippen molar-refractivity contribution in [1.82, 2.24) is 14.7 Å². The van der Waals surface area contributed by atoms with Gasteiger partial charge in [-0.25, -0.2) is 4.79 Å². The third kappa shape index (κ3) is 5.77. The molecule has 0 radical (unpaired) electrons. The molecule has 0 bridgehead atoms. The Kier molecular flexibility index (Phi) is 6.78. The first kappa shape index (κ1) is 16.8. The molecule has 1 rings (SSSR count). The molecule has 0 unspecified atom stereocenters. The maximum absolute atomic E-state index is 12.2. The first-order valence-electron chi connectivity index (χ1n) is 7.26. The molecule has 0 atom stereocenters. The summed E-state index contributed by atoms with van der Waals surface area (Å²) in [5.41, 5.74) is 0. The van der Waals surface area contributed by atoms with E-state index < -0.39 is 5.97 Å². The molecule has 1 aliphatic heterocycles. The van der Waals surface area contributed by atoms with Gasteiger partial charge in [0.25, 0.3) is 0 Å². The number of carboxylic acid groups (broad SMARTS) is 1. The van der Waals surface area contributed by atoms with E-state index in [1.807, 2.05) is 26.0 Å². The summed E-state index contributed by atoms with van der Waals surface area (Å²) in [6, 6.07) is 0.0672. The molecule has 116 valence electrons. The first-order valence-corrected chi connectivity index (χ1v) is 7.26. The van der Waals surface area contributed by atoms with Crippen LogP contribution in [0.4, 0.5) is 4.79 Å². The van der Waals surface area contributed by atoms with Crippen molar-refractivity contribution in [3.05, 3.63) is 0 Å². The van der Waals surface area contributed by atoms with Crippen LogP contribution in [-0.2, 0) is 4.79 Å². The monoisotopic (exact) mass is 285 g/mol. The molecule has 6 heteroatoms. The standard InChI is InChI=1S/C14H27N3O3/c1-15(2)7-4-8-16(3)14(20)17-9-5-12(6-10-17)11-13(18)19/h12H,4-11H2,1-3H3,(H,18,19). The van der Waals surface area contributed by atoms with Crippen molar-refractivity contribution in [2.45, 2.75) is 25.7 Å². The van der Waals surface area contributed by atoms with Gasteiger partial charge in [0.2, 0.25) is 0 Å². The third-order valence-electron chi connectivity index (χ3n) is 3.77. The highest BCUT2D eigenvalue weighted by Crippen LogP contribution is 2.21. The molecule has 0 aliphatic carbocycles. The number of hydrogen-bond donors (Lipinski definition) is 1. The lowest BCUT2D eigenvalue weighted by molar-refractivity contribution is -0.138. The number of piperidine rings is 1. The fourth-order valence-corrected chi connectivity index (χ4v) is 2.54. The molecule has 2 amide bonds. The first-order chi connectivity index (χ1) is 9.40. The van der Waals surface area contributed by atoms with Crippen LogP contribution in [0.3, 0.4) is 0 Å². The number of urea groups is 1. The summed E-state index contributed by atoms with van der Waals surface area (Å²) in [5, 5.41) is 8.78. The number of carboxylic acids is 1. The molecule has 1 N–H and O–H groups in total. The van der Waals surface area contributed by atoms with Gasteiger partial charge in [0, 0.05) is 33.1 Å². The summed E-state index contributed by atoms with van der Waals surface area (Å²) in [5.74, 6) is -0.522. The normalized spacial score (nSPS) is 16.5. The van der Waals surface area contributed by atoms with Gasteiger partial charge in [0.05, 0.1) is 0 Å². The molecule has 0 saturated carbocycles. The molecule has 1 saturated heterocycles. The predicted molar refractivity (Wildman–Crippen MR) is 77.7 cm³/mol. The molecular weight excluding hydrogens is 258 g/mol. The van der Waals surface area contributed by atoms with Gasteiger partial charge in [-0.3, -0.25) is 4.79 Å². The molecule has 1 heterocycles. The van der Waals surface area contributed by atoms with Gasteiger partial charge in [-0.2, -0.15) is 0 Å². The smallest absolute Gasteiger partial charge is 0.319 e. The van der Waals surface area contributed by atoms with Gasteiger partial charge in [-0.05, 0) is 45.8 Å². The number of carbonyl (C=O) groups is 2. The Labute approximate surface area is 121 Å². The van der Waals surface area contributed by atoms with Gasteiger partial charge >= 0.3 is 12.0 Å². The zero-order valence-corrected chi connectivity index (χ0v) is 12.8. The van der Waals surface area contributed by atoms with E-state index in [4.69, 9.17) is 5.11 Å². The highest BCUT2D eigenvalue weighted by Gasteiger charge is 2.25. The number of hydrogen-bond acceptors (Lipinski definition) is 3. The van der Waals surface area contributed by atoms with Crippen molar-refractivity contribution in [3.63, 3.8) is 0 Å². The minimum absolute atomic E-state index is 0.0672. The summed E-state index contributed by atoms with van der Waals surface area (Å²) < 4.78 is 0. The topological polar surface area (TPSA) is 64.1 Å². The van der Waals surface area contributed by atoms with Crippen LogP contribution in [0.25, 0.3) is 0 Å². The number of nitrogens with zero attached hydrogens (tertiary/aromatic N) is 3. The number of amides is 2. The van der Waals surface area contributed by atoms with Crippen molar-refractivity contribution in [2.24, 2.45) is 5.92 Å². The summed E-state index contributed by atoms with van der Waals surface area (Å²) in [4.78, 5) is 28.6. The van der Waals surface area contributed by atoms with Crippen molar-refractivity contribution in [3.8, 4) is 0 Å². The maximum atomic E-state index is 12.2. The summed E-state index contributed by atoms with van der Waals surface area (Å²) in [6.07, 6.45) is 2.78. The second-order valence-corrected chi connectivity index (χ2v) is 5.89. The molecular formula is C14H27N3O3. The van der Waals surface area contributed by atoms with Crippen LogP contribution in [0, 0.1) is 5.92 Å². The van der Waals surface area contributed by atoms with E-state index in [0.29, 0.717) is 13.1 Å². The number of aliphatic carboxylic acids is 1. The van der Waals surface area contributed by atoms with E-state index in [0.717, 1.165) is 32.4 Å². The van der Waals surface area contributed by atoms with Crippen molar-refractivity contribution >= 4 is 12.0 Å². The number of likely N-dealkylation sites (tertiary alicyclic amines) is 1. The van der Waals surface area contributed by atoms with E-state index >= 15 is 0 Å². The van der Waals surface area contributed by atoms with Crippen LogP contribution in [0.2, 0.25) is 0 Å². The third-order valence-corrected chi connectivity index (χ3v) is 3.77. The van der Waals surface area contributed by atoms with Crippen LogP contribution < -0.4 is 0 Å². The zero-order valence-electron chi connectivity index (χ0n) is 12.8. The van der Waals surface area contributed by atoms with Crippen LogP contribution >= 0.6 is 0 Å². The summed E-state index contributed by atoms with van der Waals surface area (Å²) in [6.45, 7) is 3.08.